The molecule has 0 saturated carbocycles. The SMILES string of the molecule is CCOCc1ccc(CN2CC(CO)CC2=O)cc1. The molecule has 1 fully saturated rings. The smallest absolute Gasteiger partial charge is 0.223 e. The Balaban J connectivity index is 1.91. The van der Waals surface area contributed by atoms with Gasteiger partial charge in [0.25, 0.3) is 0 Å². The minimum atomic E-state index is 0.0928. The Bertz CT molecular complexity index is 416. The normalized spacial score (nSPS) is 19.2. The highest BCUT2D eigenvalue weighted by Crippen LogP contribution is 2.19. The van der Waals surface area contributed by atoms with Crippen LogP contribution in [-0.2, 0) is 22.7 Å². The molecule has 1 amide bonds. The summed E-state index contributed by atoms with van der Waals surface area (Å²) in [5.74, 6) is 0.238. The van der Waals surface area contributed by atoms with Gasteiger partial charge in [0, 0.05) is 38.6 Å². The van der Waals surface area contributed by atoms with Gasteiger partial charge in [-0.25, -0.2) is 0 Å². The van der Waals surface area contributed by atoms with Crippen molar-refractivity contribution in [3.8, 4) is 0 Å². The van der Waals surface area contributed by atoms with Gasteiger partial charge < -0.3 is 14.7 Å². The number of rotatable bonds is 6. The molecule has 1 heterocycles. The first kappa shape index (κ1) is 14.0. The van der Waals surface area contributed by atoms with Crippen molar-refractivity contribution in [1.29, 1.82) is 0 Å². The lowest BCUT2D eigenvalue weighted by Gasteiger charge is -2.16. The molecule has 0 aliphatic carbocycles. The monoisotopic (exact) mass is 263 g/mol. The molecule has 1 aliphatic rings. The summed E-state index contributed by atoms with van der Waals surface area (Å²) in [7, 11) is 0. The molecule has 2 rings (SSSR count). The number of ether oxygens (including phenoxy) is 1. The number of likely N-dealkylation sites (tertiary alicyclic amines) is 1. The predicted molar refractivity (Wildman–Crippen MR) is 72.4 cm³/mol. The fraction of sp³-hybridized carbons (Fsp3) is 0.533. The first-order valence-electron chi connectivity index (χ1n) is 6.77. The third-order valence-corrected chi connectivity index (χ3v) is 3.42. The van der Waals surface area contributed by atoms with Gasteiger partial charge in [-0.15, -0.1) is 0 Å². The van der Waals surface area contributed by atoms with Gasteiger partial charge in [-0.2, -0.15) is 0 Å². The van der Waals surface area contributed by atoms with Crippen LogP contribution in [0.25, 0.3) is 0 Å². The van der Waals surface area contributed by atoms with Crippen molar-refractivity contribution in [2.75, 3.05) is 19.8 Å². The number of hydrogen-bond acceptors (Lipinski definition) is 3. The molecule has 1 aromatic rings. The van der Waals surface area contributed by atoms with E-state index in [1.807, 2.05) is 36.1 Å². The second kappa shape index (κ2) is 6.68. The first-order chi connectivity index (χ1) is 9.22. The van der Waals surface area contributed by atoms with E-state index in [2.05, 4.69) is 0 Å². The number of aliphatic hydroxyl groups is 1. The van der Waals surface area contributed by atoms with Gasteiger partial charge in [0.2, 0.25) is 5.91 Å². The van der Waals surface area contributed by atoms with Gasteiger partial charge >= 0.3 is 0 Å². The number of benzene rings is 1. The third-order valence-electron chi connectivity index (χ3n) is 3.42. The Kier molecular flexibility index (Phi) is 4.93. The highest BCUT2D eigenvalue weighted by Gasteiger charge is 2.28. The Labute approximate surface area is 114 Å². The summed E-state index contributed by atoms with van der Waals surface area (Å²) >= 11 is 0. The van der Waals surface area contributed by atoms with E-state index in [0.29, 0.717) is 32.7 Å². The fourth-order valence-electron chi connectivity index (χ4n) is 2.31. The van der Waals surface area contributed by atoms with Crippen LogP contribution in [0.4, 0.5) is 0 Å². The van der Waals surface area contributed by atoms with Gasteiger partial charge in [-0.05, 0) is 18.1 Å². The molecule has 1 aliphatic heterocycles. The minimum Gasteiger partial charge on any atom is -0.396 e. The average Bonchev–Trinajstić information content (AvgIpc) is 2.79. The van der Waals surface area contributed by atoms with Crippen LogP contribution in [0.15, 0.2) is 24.3 Å². The summed E-state index contributed by atoms with van der Waals surface area (Å²) in [5.41, 5.74) is 2.26. The molecule has 19 heavy (non-hydrogen) atoms. The first-order valence-corrected chi connectivity index (χ1v) is 6.77. The zero-order chi connectivity index (χ0) is 13.7. The van der Waals surface area contributed by atoms with Gasteiger partial charge in [0.15, 0.2) is 0 Å². The maximum absolute atomic E-state index is 11.8. The van der Waals surface area contributed by atoms with Crippen LogP contribution >= 0.6 is 0 Å². The molecule has 1 aromatic carbocycles. The van der Waals surface area contributed by atoms with E-state index in [4.69, 9.17) is 9.84 Å². The van der Waals surface area contributed by atoms with Gasteiger partial charge in [0.1, 0.15) is 0 Å². The predicted octanol–water partition coefficient (Wildman–Crippen LogP) is 1.56. The Morgan fingerprint density at radius 1 is 1.32 bits per heavy atom. The maximum atomic E-state index is 11.8. The van der Waals surface area contributed by atoms with Crippen molar-refractivity contribution in [2.24, 2.45) is 5.92 Å². The van der Waals surface area contributed by atoms with E-state index in [-0.39, 0.29) is 18.4 Å². The Morgan fingerprint density at radius 3 is 2.58 bits per heavy atom. The van der Waals surface area contributed by atoms with E-state index in [0.717, 1.165) is 11.1 Å². The standard InChI is InChI=1S/C15H21NO3/c1-2-19-11-13-5-3-12(4-6-13)8-16-9-14(10-17)7-15(16)18/h3-6,14,17H,2,7-11H2,1H3. The topological polar surface area (TPSA) is 49.8 Å². The van der Waals surface area contributed by atoms with Crippen LogP contribution in [0.1, 0.15) is 24.5 Å². The van der Waals surface area contributed by atoms with E-state index >= 15 is 0 Å². The lowest BCUT2D eigenvalue weighted by molar-refractivity contribution is -0.128. The van der Waals surface area contributed by atoms with Gasteiger partial charge in [-0.1, -0.05) is 24.3 Å². The lowest BCUT2D eigenvalue weighted by atomic mass is 10.1. The second-order valence-electron chi connectivity index (χ2n) is 4.98. The van der Waals surface area contributed by atoms with Crippen molar-refractivity contribution in [3.63, 3.8) is 0 Å². The zero-order valence-electron chi connectivity index (χ0n) is 11.3. The molecular formula is C15H21NO3. The summed E-state index contributed by atoms with van der Waals surface area (Å²) < 4.78 is 5.35. The van der Waals surface area contributed by atoms with Gasteiger partial charge in [-0.3, -0.25) is 4.79 Å². The molecule has 1 N–H and O–H groups in total. The molecule has 4 heteroatoms. The molecular weight excluding hydrogens is 242 g/mol. The molecule has 0 aromatic heterocycles. The summed E-state index contributed by atoms with van der Waals surface area (Å²) in [6.07, 6.45) is 0.471. The van der Waals surface area contributed by atoms with Crippen LogP contribution in [0.5, 0.6) is 0 Å². The number of amides is 1. The largest absolute Gasteiger partial charge is 0.396 e. The highest BCUT2D eigenvalue weighted by atomic mass is 16.5. The average molecular weight is 263 g/mol. The molecule has 0 radical (unpaired) electrons. The summed E-state index contributed by atoms with van der Waals surface area (Å²) in [6, 6.07) is 8.14. The highest BCUT2D eigenvalue weighted by molar-refractivity contribution is 5.78. The number of hydrogen-bond donors (Lipinski definition) is 1. The van der Waals surface area contributed by atoms with Crippen LogP contribution in [0, 0.1) is 5.92 Å². The molecule has 0 spiro atoms. The molecule has 1 atom stereocenters. The van der Waals surface area contributed by atoms with E-state index < -0.39 is 0 Å². The van der Waals surface area contributed by atoms with Gasteiger partial charge in [0.05, 0.1) is 6.61 Å². The van der Waals surface area contributed by atoms with Crippen molar-refractivity contribution < 1.29 is 14.6 Å². The number of carbonyl (C=O) groups is 1. The van der Waals surface area contributed by atoms with E-state index in [9.17, 15) is 4.79 Å². The molecule has 1 saturated heterocycles. The van der Waals surface area contributed by atoms with Crippen LogP contribution < -0.4 is 0 Å². The maximum Gasteiger partial charge on any atom is 0.223 e. The Hall–Kier alpha value is -1.39. The van der Waals surface area contributed by atoms with Crippen LogP contribution in [-0.4, -0.2) is 35.7 Å². The van der Waals surface area contributed by atoms with Crippen molar-refractivity contribution in [2.45, 2.75) is 26.5 Å². The zero-order valence-corrected chi connectivity index (χ0v) is 11.3. The third kappa shape index (κ3) is 3.78. The van der Waals surface area contributed by atoms with E-state index in [1.54, 1.807) is 0 Å². The summed E-state index contributed by atoms with van der Waals surface area (Å²) in [4.78, 5) is 13.6. The second-order valence-corrected chi connectivity index (χ2v) is 4.98. The molecule has 4 nitrogen and oxygen atoms in total. The van der Waals surface area contributed by atoms with E-state index in [1.165, 1.54) is 0 Å². The number of aliphatic hydroxyl groups excluding tert-OH is 1. The van der Waals surface area contributed by atoms with Crippen LogP contribution in [0.3, 0.4) is 0 Å². The summed E-state index contributed by atoms with van der Waals surface area (Å²) in [6.45, 7) is 4.71. The number of nitrogens with zero attached hydrogens (tertiary/aromatic N) is 1. The van der Waals surface area contributed by atoms with Crippen molar-refractivity contribution in [3.05, 3.63) is 35.4 Å². The lowest BCUT2D eigenvalue weighted by Crippen LogP contribution is -2.24. The van der Waals surface area contributed by atoms with Crippen molar-refractivity contribution >= 4 is 5.91 Å². The van der Waals surface area contributed by atoms with Crippen LogP contribution in [0.2, 0.25) is 0 Å². The molecule has 1 unspecified atom stereocenters. The van der Waals surface area contributed by atoms with Crippen molar-refractivity contribution in [1.82, 2.24) is 4.90 Å². The molecule has 104 valence electrons. The minimum absolute atomic E-state index is 0.0928. The summed E-state index contributed by atoms with van der Waals surface area (Å²) in [5, 5.41) is 9.09. The quantitative estimate of drug-likeness (QED) is 0.847. The molecule has 0 bridgehead atoms. The number of carbonyl (C=O) groups excluding carboxylic acids is 1. The fourth-order valence-corrected chi connectivity index (χ4v) is 2.31. The Morgan fingerprint density at radius 2 is 2.00 bits per heavy atom.